The summed E-state index contributed by atoms with van der Waals surface area (Å²) in [7, 11) is 2.70. The first-order valence-electron chi connectivity index (χ1n) is 3.63. The predicted octanol–water partition coefficient (Wildman–Crippen LogP) is 3.97. The van der Waals surface area contributed by atoms with Gasteiger partial charge in [-0.1, -0.05) is 35.4 Å². The van der Waals surface area contributed by atoms with Gasteiger partial charge in [-0.25, -0.2) is 0 Å². The Morgan fingerprint density at radius 1 is 1.25 bits per heavy atom. The molecule has 0 nitrogen and oxygen atoms in total. The molecule has 74 valence electrons. The first-order chi connectivity index (χ1) is 5.37. The summed E-state index contributed by atoms with van der Waals surface area (Å²) >= 11 is 0. The Morgan fingerprint density at radius 3 is 2.00 bits per heavy atom. The smallest absolute Gasteiger partial charge is 0.171 e. The molecular weight excluding hydrogens is 205 g/mol. The minimum absolute atomic E-state index is 0.0732. The van der Waals surface area contributed by atoms with E-state index >= 15 is 0 Å². The second-order valence-corrected chi connectivity index (χ2v) is 5.57. The van der Waals surface area contributed by atoms with Crippen LogP contribution in [-0.2, 0) is 0 Å². The van der Waals surface area contributed by atoms with E-state index in [2.05, 4.69) is 0 Å². The van der Waals surface area contributed by atoms with Crippen molar-refractivity contribution in [1.82, 2.24) is 0 Å². The van der Waals surface area contributed by atoms with E-state index in [0.717, 1.165) is 0 Å². The Kier molecular flexibility index (Phi) is 5.48. The molecule has 0 aromatic rings. The molecule has 0 spiro atoms. The van der Waals surface area contributed by atoms with Gasteiger partial charge in [0.05, 0.1) is 6.42 Å². The number of hydrogen-bond acceptors (Lipinski definition) is 2. The number of alkyl halides is 3. The van der Waals surface area contributed by atoms with Crippen LogP contribution >= 0.6 is 21.6 Å². The molecule has 1 atom stereocenters. The fourth-order valence-corrected chi connectivity index (χ4v) is 3.07. The molecule has 0 N–H and O–H groups in total. The lowest BCUT2D eigenvalue weighted by atomic mass is 10.1. The fourth-order valence-electron chi connectivity index (χ4n) is 0.733. The molecule has 1 unspecified atom stereocenters. The van der Waals surface area contributed by atoms with E-state index in [9.17, 15) is 13.2 Å². The summed E-state index contributed by atoms with van der Waals surface area (Å²) in [5, 5.41) is -0.319. The minimum atomic E-state index is -4.03. The minimum Gasteiger partial charge on any atom is -0.171 e. The lowest BCUT2D eigenvalue weighted by Crippen LogP contribution is -2.20. The molecule has 0 bridgehead atoms. The van der Waals surface area contributed by atoms with E-state index in [4.69, 9.17) is 0 Å². The lowest BCUT2D eigenvalue weighted by Gasteiger charge is -2.20. The first-order valence-corrected chi connectivity index (χ1v) is 6.25. The van der Waals surface area contributed by atoms with E-state index in [-0.39, 0.29) is 11.2 Å². The Labute approximate surface area is 79.1 Å². The zero-order valence-corrected chi connectivity index (χ0v) is 8.95. The normalized spacial score (nSPS) is 15.2. The average Bonchev–Trinajstić information content (AvgIpc) is 1.83. The highest BCUT2D eigenvalue weighted by Crippen LogP contribution is 2.36. The molecule has 0 aromatic carbocycles. The summed E-state index contributed by atoms with van der Waals surface area (Å²) in [4.78, 5) is 0. The van der Waals surface area contributed by atoms with Crippen molar-refractivity contribution in [3.63, 3.8) is 0 Å². The third-order valence-corrected chi connectivity index (χ3v) is 3.87. The van der Waals surface area contributed by atoms with Gasteiger partial charge >= 0.3 is 6.18 Å². The van der Waals surface area contributed by atoms with Crippen molar-refractivity contribution in [2.24, 2.45) is 5.92 Å². The summed E-state index contributed by atoms with van der Waals surface area (Å²) in [5.74, 6) is 0.0732. The molecule has 0 amide bonds. The molecule has 0 rings (SSSR count). The van der Waals surface area contributed by atoms with Gasteiger partial charge in [-0.15, -0.1) is 0 Å². The van der Waals surface area contributed by atoms with Gasteiger partial charge in [0.25, 0.3) is 0 Å². The van der Waals surface area contributed by atoms with Gasteiger partial charge in [0.1, 0.15) is 0 Å². The quantitative estimate of drug-likeness (QED) is 0.655. The molecule has 0 aliphatic rings. The highest BCUT2D eigenvalue weighted by molar-refractivity contribution is 8.76. The van der Waals surface area contributed by atoms with Crippen LogP contribution in [0.5, 0.6) is 0 Å². The molecule has 0 heterocycles. The van der Waals surface area contributed by atoms with Crippen molar-refractivity contribution in [2.45, 2.75) is 31.7 Å². The van der Waals surface area contributed by atoms with Crippen molar-refractivity contribution in [2.75, 3.05) is 6.26 Å². The van der Waals surface area contributed by atoms with E-state index in [0.29, 0.717) is 0 Å². The van der Waals surface area contributed by atoms with Crippen LogP contribution < -0.4 is 0 Å². The molecule has 5 heteroatoms. The summed E-state index contributed by atoms with van der Waals surface area (Å²) in [6, 6.07) is 0. The van der Waals surface area contributed by atoms with Gasteiger partial charge in [0.15, 0.2) is 0 Å². The van der Waals surface area contributed by atoms with Crippen LogP contribution in [0, 0.1) is 5.92 Å². The van der Waals surface area contributed by atoms with E-state index in [1.54, 1.807) is 6.26 Å². The molecule has 0 saturated carbocycles. The summed E-state index contributed by atoms with van der Waals surface area (Å²) in [5.41, 5.74) is 0. The lowest BCUT2D eigenvalue weighted by molar-refractivity contribution is -0.135. The van der Waals surface area contributed by atoms with Crippen molar-refractivity contribution in [3.05, 3.63) is 0 Å². The van der Waals surface area contributed by atoms with Gasteiger partial charge < -0.3 is 0 Å². The standard InChI is InChI=1S/C7H13F3S2/c1-5(2)6(12-11-3)4-7(8,9)10/h5-6H,4H2,1-3H3. The Bertz CT molecular complexity index is 122. The van der Waals surface area contributed by atoms with Crippen molar-refractivity contribution < 1.29 is 13.2 Å². The van der Waals surface area contributed by atoms with E-state index < -0.39 is 12.6 Å². The highest BCUT2D eigenvalue weighted by Gasteiger charge is 2.33. The SMILES string of the molecule is CSSC(CC(F)(F)F)C(C)C. The first kappa shape index (κ1) is 12.5. The third-order valence-electron chi connectivity index (χ3n) is 1.40. The van der Waals surface area contributed by atoms with E-state index in [1.807, 2.05) is 13.8 Å². The Balaban J connectivity index is 3.95. The molecule has 0 aliphatic heterocycles. The number of halogens is 3. The second-order valence-electron chi connectivity index (χ2n) is 2.86. The molecule has 0 aliphatic carbocycles. The monoisotopic (exact) mass is 218 g/mol. The van der Waals surface area contributed by atoms with Gasteiger partial charge in [0.2, 0.25) is 0 Å². The van der Waals surface area contributed by atoms with Crippen LogP contribution in [-0.4, -0.2) is 17.7 Å². The molecule has 0 aromatic heterocycles. The molecule has 0 fully saturated rings. The zero-order valence-electron chi connectivity index (χ0n) is 7.31. The molecule has 12 heavy (non-hydrogen) atoms. The largest absolute Gasteiger partial charge is 0.390 e. The van der Waals surface area contributed by atoms with Crippen LogP contribution in [0.1, 0.15) is 20.3 Å². The predicted molar refractivity (Wildman–Crippen MR) is 50.4 cm³/mol. The average molecular weight is 218 g/mol. The van der Waals surface area contributed by atoms with Gasteiger partial charge in [-0.2, -0.15) is 13.2 Å². The second kappa shape index (κ2) is 5.27. The highest BCUT2D eigenvalue weighted by atomic mass is 33.1. The molecule has 0 radical (unpaired) electrons. The number of rotatable bonds is 4. The zero-order chi connectivity index (χ0) is 9.78. The van der Waals surface area contributed by atoms with E-state index in [1.165, 1.54) is 21.6 Å². The van der Waals surface area contributed by atoms with Crippen LogP contribution in [0.15, 0.2) is 0 Å². The van der Waals surface area contributed by atoms with Crippen molar-refractivity contribution in [3.8, 4) is 0 Å². The van der Waals surface area contributed by atoms with Crippen LogP contribution in [0.2, 0.25) is 0 Å². The third kappa shape index (κ3) is 6.06. The van der Waals surface area contributed by atoms with Gasteiger partial charge in [-0.05, 0) is 12.2 Å². The molecule has 0 saturated heterocycles. The topological polar surface area (TPSA) is 0 Å². The van der Waals surface area contributed by atoms with Crippen molar-refractivity contribution >= 4 is 21.6 Å². The number of hydrogen-bond donors (Lipinski definition) is 0. The summed E-state index contributed by atoms with van der Waals surface area (Å²) in [6.45, 7) is 3.64. The Morgan fingerprint density at radius 2 is 1.75 bits per heavy atom. The van der Waals surface area contributed by atoms with Crippen LogP contribution in [0.25, 0.3) is 0 Å². The van der Waals surface area contributed by atoms with Gasteiger partial charge in [0, 0.05) is 5.25 Å². The van der Waals surface area contributed by atoms with Crippen LogP contribution in [0.3, 0.4) is 0 Å². The Hall–Kier alpha value is 0.490. The maximum Gasteiger partial charge on any atom is 0.390 e. The maximum absolute atomic E-state index is 12.0. The molecular formula is C7H13F3S2. The summed E-state index contributed by atoms with van der Waals surface area (Å²) < 4.78 is 35.9. The summed E-state index contributed by atoms with van der Waals surface area (Å²) in [6.07, 6.45) is -2.91. The maximum atomic E-state index is 12.0. The van der Waals surface area contributed by atoms with Gasteiger partial charge in [-0.3, -0.25) is 0 Å². The van der Waals surface area contributed by atoms with Crippen LogP contribution in [0.4, 0.5) is 13.2 Å². The fraction of sp³-hybridized carbons (Fsp3) is 1.00. The van der Waals surface area contributed by atoms with Crippen molar-refractivity contribution in [1.29, 1.82) is 0 Å².